The summed E-state index contributed by atoms with van der Waals surface area (Å²) in [4.78, 5) is 0. The topological polar surface area (TPSA) is 35.2 Å². The van der Waals surface area contributed by atoms with Gasteiger partial charge in [0.05, 0.1) is 0 Å². The molecule has 112 valence electrons. The summed E-state index contributed by atoms with van der Waals surface area (Å²) in [5.41, 5.74) is 8.04. The Kier molecular flexibility index (Phi) is 5.09. The number of halogens is 3. The molecule has 0 aliphatic carbocycles. The van der Waals surface area contributed by atoms with Crippen molar-refractivity contribution in [1.29, 1.82) is 0 Å². The average molecular weight is 328 g/mol. The lowest BCUT2D eigenvalue weighted by molar-refractivity contribution is 0.182. The third-order valence-electron chi connectivity index (χ3n) is 3.58. The van der Waals surface area contributed by atoms with Crippen LogP contribution in [-0.4, -0.2) is 12.6 Å². The maximum Gasteiger partial charge on any atom is 0.131 e. The van der Waals surface area contributed by atoms with E-state index in [2.05, 4.69) is 0 Å². The van der Waals surface area contributed by atoms with Crippen LogP contribution >= 0.6 is 24.0 Å². The van der Waals surface area contributed by atoms with Gasteiger partial charge in [0.2, 0.25) is 0 Å². The zero-order chi connectivity index (χ0) is 14.1. The summed E-state index contributed by atoms with van der Waals surface area (Å²) in [6, 6.07) is 10.4. The van der Waals surface area contributed by atoms with Crippen molar-refractivity contribution in [3.05, 3.63) is 52.8 Å². The van der Waals surface area contributed by atoms with Crippen LogP contribution in [-0.2, 0) is 6.42 Å². The third kappa shape index (κ3) is 3.15. The van der Waals surface area contributed by atoms with Gasteiger partial charge in [-0.05, 0) is 36.6 Å². The normalized spacial score (nSPS) is 16.6. The van der Waals surface area contributed by atoms with E-state index in [9.17, 15) is 4.39 Å². The van der Waals surface area contributed by atoms with Gasteiger partial charge in [-0.1, -0.05) is 29.8 Å². The van der Waals surface area contributed by atoms with Crippen LogP contribution in [0.25, 0.3) is 11.1 Å². The van der Waals surface area contributed by atoms with Crippen molar-refractivity contribution in [2.24, 2.45) is 5.73 Å². The molecule has 0 saturated heterocycles. The van der Waals surface area contributed by atoms with Crippen LogP contribution in [0.5, 0.6) is 5.75 Å². The predicted molar refractivity (Wildman–Crippen MR) is 85.9 cm³/mol. The molecule has 0 unspecified atom stereocenters. The number of hydrogen-bond donors (Lipinski definition) is 1. The fraction of sp³-hybridized carbons (Fsp3) is 0.250. The second-order valence-electron chi connectivity index (χ2n) is 4.94. The number of nitrogens with two attached hydrogens (primary N) is 1. The molecule has 0 amide bonds. The molecule has 3 rings (SSSR count). The van der Waals surface area contributed by atoms with Crippen molar-refractivity contribution in [3.63, 3.8) is 0 Å². The van der Waals surface area contributed by atoms with Gasteiger partial charge in [-0.15, -0.1) is 12.4 Å². The standard InChI is InChI=1S/C16H15ClFNO.ClH/c17-15-4-2-1-3-13(15)14-8-11(18)7-10-5-6-12(9-19)20-16(10)14;/h1-4,7-8,12H,5-6,9,19H2;1H/t12-;/m1./s1. The fourth-order valence-corrected chi connectivity index (χ4v) is 2.80. The maximum absolute atomic E-state index is 13.8. The number of rotatable bonds is 2. The number of ether oxygens (including phenoxy) is 1. The molecule has 1 heterocycles. The molecule has 2 aromatic rings. The lowest BCUT2D eigenvalue weighted by Crippen LogP contribution is -2.30. The first-order valence-corrected chi connectivity index (χ1v) is 7.01. The molecule has 0 fully saturated rings. The first-order valence-electron chi connectivity index (χ1n) is 6.63. The summed E-state index contributed by atoms with van der Waals surface area (Å²) in [6.07, 6.45) is 1.57. The summed E-state index contributed by atoms with van der Waals surface area (Å²) in [7, 11) is 0. The van der Waals surface area contributed by atoms with Gasteiger partial charge >= 0.3 is 0 Å². The lowest BCUT2D eigenvalue weighted by Gasteiger charge is -2.27. The van der Waals surface area contributed by atoms with Crippen LogP contribution in [0.1, 0.15) is 12.0 Å². The Morgan fingerprint density at radius 2 is 2.00 bits per heavy atom. The Balaban J connectivity index is 0.00000161. The molecule has 1 aliphatic rings. The van der Waals surface area contributed by atoms with E-state index in [1.165, 1.54) is 12.1 Å². The van der Waals surface area contributed by atoms with Crippen LogP contribution in [0.15, 0.2) is 36.4 Å². The molecule has 0 radical (unpaired) electrons. The molecule has 2 N–H and O–H groups in total. The van der Waals surface area contributed by atoms with E-state index in [0.29, 0.717) is 22.9 Å². The Hall–Kier alpha value is -1.29. The molecule has 0 saturated carbocycles. The van der Waals surface area contributed by atoms with Gasteiger partial charge in [0.15, 0.2) is 0 Å². The van der Waals surface area contributed by atoms with E-state index in [1.807, 2.05) is 18.2 Å². The SMILES string of the molecule is Cl.NC[C@H]1CCc2cc(F)cc(-c3ccccc3Cl)c2O1. The highest BCUT2D eigenvalue weighted by atomic mass is 35.5. The monoisotopic (exact) mass is 327 g/mol. The highest BCUT2D eigenvalue weighted by Crippen LogP contribution is 2.40. The maximum atomic E-state index is 13.8. The minimum Gasteiger partial charge on any atom is -0.488 e. The van der Waals surface area contributed by atoms with Crippen molar-refractivity contribution >= 4 is 24.0 Å². The quantitative estimate of drug-likeness (QED) is 0.896. The van der Waals surface area contributed by atoms with Crippen LogP contribution in [0.3, 0.4) is 0 Å². The van der Waals surface area contributed by atoms with Crippen molar-refractivity contribution in [2.75, 3.05) is 6.54 Å². The first-order chi connectivity index (χ1) is 9.69. The highest BCUT2D eigenvalue weighted by Gasteiger charge is 2.23. The van der Waals surface area contributed by atoms with E-state index in [1.54, 1.807) is 6.07 Å². The number of aryl methyl sites for hydroxylation is 1. The van der Waals surface area contributed by atoms with E-state index < -0.39 is 0 Å². The molecular formula is C16H16Cl2FNO. The molecule has 0 aromatic heterocycles. The molecule has 1 atom stereocenters. The van der Waals surface area contributed by atoms with Crippen molar-refractivity contribution < 1.29 is 9.13 Å². The molecule has 21 heavy (non-hydrogen) atoms. The number of hydrogen-bond acceptors (Lipinski definition) is 2. The zero-order valence-electron chi connectivity index (χ0n) is 11.3. The van der Waals surface area contributed by atoms with Crippen LogP contribution in [0, 0.1) is 5.82 Å². The third-order valence-corrected chi connectivity index (χ3v) is 3.91. The number of benzene rings is 2. The molecule has 5 heteroatoms. The summed E-state index contributed by atoms with van der Waals surface area (Å²) in [5, 5.41) is 0.582. The van der Waals surface area contributed by atoms with Gasteiger partial charge in [0.25, 0.3) is 0 Å². The summed E-state index contributed by atoms with van der Waals surface area (Å²) in [5.74, 6) is 0.440. The van der Waals surface area contributed by atoms with Gasteiger partial charge in [-0.25, -0.2) is 4.39 Å². The van der Waals surface area contributed by atoms with Gasteiger partial charge in [-0.2, -0.15) is 0 Å². The molecule has 0 spiro atoms. The van der Waals surface area contributed by atoms with Gasteiger partial charge < -0.3 is 10.5 Å². The Morgan fingerprint density at radius 1 is 1.24 bits per heavy atom. The van der Waals surface area contributed by atoms with Crippen molar-refractivity contribution in [2.45, 2.75) is 18.9 Å². The minimum absolute atomic E-state index is 0. The Morgan fingerprint density at radius 3 is 2.71 bits per heavy atom. The van der Waals surface area contributed by atoms with E-state index in [4.69, 9.17) is 22.1 Å². The second kappa shape index (κ2) is 6.65. The van der Waals surface area contributed by atoms with Gasteiger partial charge in [0, 0.05) is 22.7 Å². The summed E-state index contributed by atoms with van der Waals surface area (Å²) in [6.45, 7) is 0.457. The highest BCUT2D eigenvalue weighted by molar-refractivity contribution is 6.33. The molecular weight excluding hydrogens is 312 g/mol. The van der Waals surface area contributed by atoms with Crippen LogP contribution < -0.4 is 10.5 Å². The first kappa shape index (κ1) is 16.1. The van der Waals surface area contributed by atoms with E-state index in [0.717, 1.165) is 24.0 Å². The Bertz CT molecular complexity index is 648. The molecule has 2 nitrogen and oxygen atoms in total. The Labute approximate surface area is 134 Å². The van der Waals surface area contributed by atoms with Crippen LogP contribution in [0.2, 0.25) is 5.02 Å². The predicted octanol–water partition coefficient (Wildman–Crippen LogP) is 4.22. The molecule has 0 bridgehead atoms. The van der Waals surface area contributed by atoms with Crippen molar-refractivity contribution in [3.8, 4) is 16.9 Å². The largest absolute Gasteiger partial charge is 0.488 e. The number of fused-ring (bicyclic) bond motifs is 1. The summed E-state index contributed by atoms with van der Waals surface area (Å²) < 4.78 is 19.8. The molecule has 2 aromatic carbocycles. The zero-order valence-corrected chi connectivity index (χ0v) is 12.9. The average Bonchev–Trinajstić information content (AvgIpc) is 2.46. The van der Waals surface area contributed by atoms with E-state index >= 15 is 0 Å². The lowest BCUT2D eigenvalue weighted by atomic mass is 9.95. The van der Waals surface area contributed by atoms with Crippen molar-refractivity contribution in [1.82, 2.24) is 0 Å². The summed E-state index contributed by atoms with van der Waals surface area (Å²) >= 11 is 6.22. The second-order valence-corrected chi connectivity index (χ2v) is 5.34. The van der Waals surface area contributed by atoms with E-state index in [-0.39, 0.29) is 24.3 Å². The smallest absolute Gasteiger partial charge is 0.131 e. The van der Waals surface area contributed by atoms with Gasteiger partial charge in [0.1, 0.15) is 17.7 Å². The molecule has 1 aliphatic heterocycles. The minimum atomic E-state index is -0.270. The van der Waals surface area contributed by atoms with Crippen LogP contribution in [0.4, 0.5) is 4.39 Å². The van der Waals surface area contributed by atoms with Gasteiger partial charge in [-0.3, -0.25) is 0 Å². The fourth-order valence-electron chi connectivity index (χ4n) is 2.56.